The van der Waals surface area contributed by atoms with Crippen LogP contribution in [0.4, 0.5) is 0 Å². The highest BCUT2D eigenvalue weighted by Crippen LogP contribution is 2.37. The fourth-order valence-electron chi connectivity index (χ4n) is 7.33. The van der Waals surface area contributed by atoms with Crippen LogP contribution in [0.1, 0.15) is 11.3 Å². The Bertz CT molecular complexity index is 3070. The van der Waals surface area contributed by atoms with E-state index in [2.05, 4.69) is 92.4 Å². The number of aromatic nitrogens is 6. The van der Waals surface area contributed by atoms with Crippen LogP contribution in [0.2, 0.25) is 0 Å². The molecule has 0 aliphatic heterocycles. The molecule has 0 amide bonds. The first-order valence-electron chi connectivity index (χ1n) is 17.2. The highest BCUT2D eigenvalue weighted by atomic mass is 16.3. The molecule has 3 aromatic carbocycles. The van der Waals surface area contributed by atoms with E-state index in [1.807, 2.05) is 85.3 Å². The van der Waals surface area contributed by atoms with Crippen LogP contribution in [0.25, 0.3) is 82.9 Å². The zero-order valence-corrected chi connectivity index (χ0v) is 28.0. The lowest BCUT2D eigenvalue weighted by Gasteiger charge is -2.10. The largest absolute Gasteiger partial charge is 0.454 e. The average Bonchev–Trinajstić information content (AvgIpc) is 3.85. The lowest BCUT2D eigenvalue weighted by atomic mass is 10.0. The highest BCUT2D eigenvalue weighted by Gasteiger charge is 2.19. The normalized spacial score (nSPS) is 12.2. The predicted octanol–water partition coefficient (Wildman–Crippen LogP) is 10.7. The first-order chi connectivity index (χ1) is 25.7. The molecule has 10 aromatic rings. The van der Waals surface area contributed by atoms with E-state index < -0.39 is 0 Å². The smallest absolute Gasteiger partial charge is 0.153 e. The Morgan fingerprint density at radius 2 is 1.21 bits per heavy atom. The zero-order valence-electron chi connectivity index (χ0n) is 28.0. The van der Waals surface area contributed by atoms with E-state index in [1.165, 1.54) is 0 Å². The summed E-state index contributed by atoms with van der Waals surface area (Å²) >= 11 is 0. The summed E-state index contributed by atoms with van der Waals surface area (Å²) in [6, 6.07) is 37.5. The number of benzene rings is 3. The standard InChI is InChI=1S/C45H30N6O/c1-29(10-3-2-4-11-31-12-5-6-22-46-31)30-16-19-37-34(26-30)43-39(13-7-23-47-43)50(37)32-17-20-38-35(27-32)44-40(14-8-24-48-44)51(38)33-18-21-41-36(28-33)45-42(52-41)15-9-25-49-45/h2-10,12-28H,1,11H2/b4-2-,10-3-. The van der Waals surface area contributed by atoms with Gasteiger partial charge in [-0.3, -0.25) is 19.9 Å². The van der Waals surface area contributed by atoms with Gasteiger partial charge in [-0.05, 0) is 108 Å². The number of pyridine rings is 4. The molecule has 0 aliphatic carbocycles. The van der Waals surface area contributed by atoms with Crippen molar-refractivity contribution in [3.8, 4) is 11.4 Å². The van der Waals surface area contributed by atoms with Crippen molar-refractivity contribution >= 4 is 71.5 Å². The predicted molar refractivity (Wildman–Crippen MR) is 211 cm³/mol. The van der Waals surface area contributed by atoms with Gasteiger partial charge < -0.3 is 13.6 Å². The van der Waals surface area contributed by atoms with Gasteiger partial charge in [-0.2, -0.15) is 0 Å². The number of nitrogens with zero attached hydrogens (tertiary/aromatic N) is 6. The fourth-order valence-corrected chi connectivity index (χ4v) is 7.33. The Hall–Kier alpha value is -7.12. The van der Waals surface area contributed by atoms with Gasteiger partial charge in [0.05, 0.1) is 33.1 Å². The highest BCUT2D eigenvalue weighted by molar-refractivity contribution is 6.11. The van der Waals surface area contributed by atoms with Crippen molar-refractivity contribution in [1.29, 1.82) is 0 Å². The molecule has 0 unspecified atom stereocenters. The van der Waals surface area contributed by atoms with Crippen LogP contribution < -0.4 is 0 Å². The van der Waals surface area contributed by atoms with Crippen molar-refractivity contribution in [2.75, 3.05) is 0 Å². The molecule has 7 heterocycles. The van der Waals surface area contributed by atoms with Crippen molar-refractivity contribution in [2.45, 2.75) is 6.42 Å². The van der Waals surface area contributed by atoms with Gasteiger partial charge in [-0.15, -0.1) is 0 Å². The number of hydrogen-bond donors (Lipinski definition) is 0. The summed E-state index contributed by atoms with van der Waals surface area (Å²) in [7, 11) is 0. The quantitative estimate of drug-likeness (QED) is 0.158. The number of allylic oxidation sites excluding steroid dienone is 5. The number of rotatable bonds is 7. The van der Waals surface area contributed by atoms with E-state index >= 15 is 0 Å². The van der Waals surface area contributed by atoms with Gasteiger partial charge in [0.15, 0.2) is 5.58 Å². The third-order valence-electron chi connectivity index (χ3n) is 9.72. The maximum atomic E-state index is 6.08. The first-order valence-corrected chi connectivity index (χ1v) is 17.2. The maximum absolute atomic E-state index is 6.08. The average molecular weight is 671 g/mol. The molecule has 0 spiro atoms. The van der Waals surface area contributed by atoms with Crippen LogP contribution in [0, 0.1) is 0 Å². The first kappa shape index (κ1) is 29.8. The Labute approximate surface area is 298 Å². The van der Waals surface area contributed by atoms with Gasteiger partial charge in [0, 0.05) is 64.4 Å². The van der Waals surface area contributed by atoms with Crippen LogP contribution in [0.5, 0.6) is 0 Å². The summed E-state index contributed by atoms with van der Waals surface area (Å²) in [6.07, 6.45) is 16.4. The van der Waals surface area contributed by atoms with Crippen molar-refractivity contribution in [1.82, 2.24) is 29.1 Å². The summed E-state index contributed by atoms with van der Waals surface area (Å²) in [4.78, 5) is 18.7. The third kappa shape index (κ3) is 4.82. The van der Waals surface area contributed by atoms with Crippen molar-refractivity contribution < 1.29 is 4.42 Å². The summed E-state index contributed by atoms with van der Waals surface area (Å²) in [5.74, 6) is 0. The summed E-state index contributed by atoms with van der Waals surface area (Å²) in [5.41, 5.74) is 13.6. The Kier molecular flexibility index (Phi) is 6.89. The van der Waals surface area contributed by atoms with Gasteiger partial charge in [-0.1, -0.05) is 43.0 Å². The molecule has 246 valence electrons. The molecule has 0 aliphatic rings. The summed E-state index contributed by atoms with van der Waals surface area (Å²) in [5, 5.41) is 3.12. The minimum Gasteiger partial charge on any atom is -0.454 e. The van der Waals surface area contributed by atoms with Crippen LogP contribution >= 0.6 is 0 Å². The van der Waals surface area contributed by atoms with Gasteiger partial charge in [0.1, 0.15) is 11.1 Å². The van der Waals surface area contributed by atoms with E-state index in [0.717, 1.165) is 101 Å². The van der Waals surface area contributed by atoms with Crippen LogP contribution in [0.3, 0.4) is 0 Å². The molecule has 0 bridgehead atoms. The van der Waals surface area contributed by atoms with Crippen LogP contribution in [0.15, 0.2) is 169 Å². The molecular weight excluding hydrogens is 641 g/mol. The molecule has 10 rings (SSSR count). The monoisotopic (exact) mass is 670 g/mol. The molecule has 0 atom stereocenters. The second-order valence-electron chi connectivity index (χ2n) is 12.8. The Balaban J connectivity index is 1.06. The lowest BCUT2D eigenvalue weighted by molar-refractivity contribution is 0.668. The van der Waals surface area contributed by atoms with Crippen molar-refractivity contribution in [3.63, 3.8) is 0 Å². The van der Waals surface area contributed by atoms with Gasteiger partial charge in [0.25, 0.3) is 0 Å². The van der Waals surface area contributed by atoms with E-state index in [4.69, 9.17) is 14.4 Å². The minimum atomic E-state index is 0.779. The molecule has 7 heteroatoms. The molecule has 7 aromatic heterocycles. The molecule has 0 saturated heterocycles. The Morgan fingerprint density at radius 3 is 1.96 bits per heavy atom. The Morgan fingerprint density at radius 1 is 0.558 bits per heavy atom. The number of fused-ring (bicyclic) bond motifs is 9. The summed E-state index contributed by atoms with van der Waals surface area (Å²) in [6.45, 7) is 4.37. The number of hydrogen-bond acceptors (Lipinski definition) is 5. The molecule has 0 radical (unpaired) electrons. The molecular formula is C45H30N6O. The van der Waals surface area contributed by atoms with Crippen LogP contribution in [-0.4, -0.2) is 29.1 Å². The second kappa shape index (κ2) is 12.0. The fraction of sp³-hybridized carbons (Fsp3) is 0.0222. The zero-order chi connectivity index (χ0) is 34.6. The van der Waals surface area contributed by atoms with Gasteiger partial charge >= 0.3 is 0 Å². The van der Waals surface area contributed by atoms with Gasteiger partial charge in [-0.25, -0.2) is 0 Å². The van der Waals surface area contributed by atoms with E-state index in [9.17, 15) is 0 Å². The van der Waals surface area contributed by atoms with Gasteiger partial charge in [0.2, 0.25) is 0 Å². The maximum Gasteiger partial charge on any atom is 0.153 e. The molecule has 0 N–H and O–H groups in total. The topological polar surface area (TPSA) is 74.6 Å². The van der Waals surface area contributed by atoms with E-state index in [1.54, 1.807) is 6.20 Å². The molecule has 0 fully saturated rings. The third-order valence-corrected chi connectivity index (χ3v) is 9.72. The van der Waals surface area contributed by atoms with Crippen molar-refractivity contribution in [2.24, 2.45) is 0 Å². The van der Waals surface area contributed by atoms with E-state index in [-0.39, 0.29) is 0 Å². The molecule has 52 heavy (non-hydrogen) atoms. The van der Waals surface area contributed by atoms with Crippen LogP contribution in [-0.2, 0) is 6.42 Å². The number of furan rings is 1. The SMILES string of the molecule is C=C(/C=C\C=C/Cc1ccccn1)c1ccc2c(c1)c1ncccc1n2-c1ccc2c(c1)c1ncccc1n2-c1ccc2oc3cccnc3c2c1. The second-order valence-corrected chi connectivity index (χ2v) is 12.8. The van der Waals surface area contributed by atoms with E-state index in [0.29, 0.717) is 0 Å². The van der Waals surface area contributed by atoms with Crippen molar-refractivity contribution in [3.05, 3.63) is 176 Å². The molecule has 0 saturated carbocycles. The minimum absolute atomic E-state index is 0.779. The molecule has 7 nitrogen and oxygen atoms in total. The summed E-state index contributed by atoms with van der Waals surface area (Å²) < 4.78 is 10.6. The lowest BCUT2D eigenvalue weighted by Crippen LogP contribution is -1.96.